The van der Waals surface area contributed by atoms with E-state index in [4.69, 9.17) is 4.74 Å². The molecule has 2 aliphatic heterocycles. The summed E-state index contributed by atoms with van der Waals surface area (Å²) in [4.78, 5) is 69.7. The highest BCUT2D eigenvalue weighted by molar-refractivity contribution is 6.25. The summed E-state index contributed by atoms with van der Waals surface area (Å²) in [6, 6.07) is 18.8. The maximum absolute atomic E-state index is 14.4. The Balaban J connectivity index is 1.37. The third-order valence-electron chi connectivity index (χ3n) is 10.1. The number of nitro benzene ring substituents is 1. The van der Waals surface area contributed by atoms with Crippen LogP contribution in [0.4, 0.5) is 17.1 Å². The molecule has 0 aromatic heterocycles. The number of ether oxygens (including phenoxy) is 1. The van der Waals surface area contributed by atoms with Gasteiger partial charge in [-0.3, -0.25) is 29.3 Å². The second-order valence-electron chi connectivity index (χ2n) is 12.2. The van der Waals surface area contributed by atoms with Gasteiger partial charge in [-0.1, -0.05) is 35.9 Å². The Morgan fingerprint density at radius 1 is 0.889 bits per heavy atom. The normalized spacial score (nSPS) is 28.8. The molecule has 4 amide bonds. The molecule has 6 unspecified atom stereocenters. The van der Waals surface area contributed by atoms with Gasteiger partial charge in [0.2, 0.25) is 23.6 Å². The number of anilines is 2. The van der Waals surface area contributed by atoms with Crippen molar-refractivity contribution in [1.82, 2.24) is 0 Å². The first-order chi connectivity index (χ1) is 21.6. The summed E-state index contributed by atoms with van der Waals surface area (Å²) < 4.78 is 5.46. The molecule has 0 radical (unpaired) electrons. The van der Waals surface area contributed by atoms with E-state index in [1.54, 1.807) is 49.4 Å². The Morgan fingerprint density at radius 3 is 2.33 bits per heavy atom. The number of hydrogen-bond donors (Lipinski definition) is 1. The smallest absolute Gasteiger partial charge is 0.271 e. The van der Waals surface area contributed by atoms with Gasteiger partial charge < -0.3 is 9.84 Å². The van der Waals surface area contributed by atoms with Crippen LogP contribution in [0.1, 0.15) is 31.2 Å². The van der Waals surface area contributed by atoms with Crippen molar-refractivity contribution in [2.24, 2.45) is 29.1 Å². The summed E-state index contributed by atoms with van der Waals surface area (Å²) in [5.74, 6) is -5.31. The molecule has 1 saturated carbocycles. The van der Waals surface area contributed by atoms with Gasteiger partial charge in [0.25, 0.3) is 5.69 Å². The monoisotopic (exact) mass is 607 g/mol. The fraction of sp³-hybridized carbons (Fsp3) is 0.294. The number of imide groups is 2. The number of phenols is 1. The molecule has 45 heavy (non-hydrogen) atoms. The molecule has 1 N–H and O–H groups in total. The van der Waals surface area contributed by atoms with Crippen molar-refractivity contribution in [3.05, 3.63) is 100 Å². The van der Waals surface area contributed by atoms with Gasteiger partial charge in [-0.25, -0.2) is 9.80 Å². The highest BCUT2D eigenvalue weighted by atomic mass is 16.6. The third kappa shape index (κ3) is 3.96. The topological polar surface area (TPSA) is 147 Å². The number of para-hydroxylation sites is 1. The van der Waals surface area contributed by atoms with Gasteiger partial charge in [0.15, 0.2) is 0 Å². The molecule has 4 aliphatic rings. The van der Waals surface area contributed by atoms with Crippen molar-refractivity contribution in [2.75, 3.05) is 16.9 Å². The zero-order chi connectivity index (χ0) is 31.8. The van der Waals surface area contributed by atoms with Crippen LogP contribution >= 0.6 is 0 Å². The minimum Gasteiger partial charge on any atom is -0.508 e. The molecule has 11 nitrogen and oxygen atoms in total. The highest BCUT2D eigenvalue weighted by Gasteiger charge is 2.68. The second-order valence-corrected chi connectivity index (χ2v) is 12.2. The van der Waals surface area contributed by atoms with Crippen molar-refractivity contribution in [2.45, 2.75) is 25.7 Å². The van der Waals surface area contributed by atoms with Gasteiger partial charge in [0.05, 0.1) is 46.6 Å². The van der Waals surface area contributed by atoms with Crippen molar-refractivity contribution >= 4 is 40.7 Å². The predicted octanol–water partition coefficient (Wildman–Crippen LogP) is 4.74. The zero-order valence-electron chi connectivity index (χ0n) is 24.5. The summed E-state index contributed by atoms with van der Waals surface area (Å²) in [6.45, 7) is 1.74. The van der Waals surface area contributed by atoms with E-state index in [2.05, 4.69) is 0 Å². The fourth-order valence-corrected chi connectivity index (χ4v) is 8.07. The summed E-state index contributed by atoms with van der Waals surface area (Å²) >= 11 is 0. The van der Waals surface area contributed by atoms with Gasteiger partial charge in [-0.2, -0.15) is 0 Å². The van der Waals surface area contributed by atoms with E-state index in [1.807, 2.05) is 6.08 Å². The predicted molar refractivity (Wildman–Crippen MR) is 161 cm³/mol. The largest absolute Gasteiger partial charge is 0.508 e. The molecule has 2 saturated heterocycles. The lowest BCUT2D eigenvalue weighted by Gasteiger charge is -2.49. The van der Waals surface area contributed by atoms with E-state index in [1.165, 1.54) is 42.3 Å². The molecule has 11 heteroatoms. The van der Waals surface area contributed by atoms with E-state index in [0.717, 1.165) is 4.90 Å². The molecule has 3 aromatic rings. The third-order valence-corrected chi connectivity index (χ3v) is 10.1. The SMILES string of the molecule is COc1ccc(O)c(C2C3=CCC4C(=O)N(c5cccc([N+](=O)[O-])c5)C(=O)C4C3CC3C(=O)N(c4ccccc4)C(=O)C32C)c1. The van der Waals surface area contributed by atoms with E-state index in [9.17, 15) is 34.4 Å². The van der Waals surface area contributed by atoms with Gasteiger partial charge in [0.1, 0.15) is 11.5 Å². The number of amides is 4. The molecule has 6 atom stereocenters. The number of aromatic hydroxyl groups is 1. The molecular formula is C34H29N3O8. The average Bonchev–Trinajstić information content (AvgIpc) is 3.41. The van der Waals surface area contributed by atoms with E-state index in [-0.39, 0.29) is 30.0 Å². The summed E-state index contributed by atoms with van der Waals surface area (Å²) in [6.07, 6.45) is 2.21. The Labute approximate surface area is 257 Å². The van der Waals surface area contributed by atoms with Crippen LogP contribution < -0.4 is 14.5 Å². The molecule has 2 aliphatic carbocycles. The first-order valence-corrected chi connectivity index (χ1v) is 14.7. The van der Waals surface area contributed by atoms with Crippen LogP contribution in [0.15, 0.2) is 84.4 Å². The number of fused-ring (bicyclic) bond motifs is 4. The molecule has 3 aromatic carbocycles. The lowest BCUT2D eigenvalue weighted by atomic mass is 9.51. The van der Waals surface area contributed by atoms with Gasteiger partial charge >= 0.3 is 0 Å². The number of hydrogen-bond acceptors (Lipinski definition) is 8. The molecule has 3 fully saturated rings. The average molecular weight is 608 g/mol. The molecule has 2 heterocycles. The van der Waals surface area contributed by atoms with E-state index in [0.29, 0.717) is 22.6 Å². The molecule has 228 valence electrons. The standard InChI is InChI=1S/C34H29N3O8/c1-34-26(31(40)36(33(34)42)18-7-4-3-5-8-18)17-24-22(29(34)25-16-21(45-2)11-14-27(25)38)12-13-23-28(24)32(41)35(30(23)39)19-9-6-10-20(15-19)37(43)44/h3-12,14-16,23-24,26,28-29,38H,13,17H2,1-2H3. The van der Waals surface area contributed by atoms with Crippen LogP contribution in [-0.4, -0.2) is 40.8 Å². The number of carbonyl (C=O) groups excluding carboxylic acids is 4. The number of non-ortho nitro benzene ring substituents is 1. The minimum absolute atomic E-state index is 0.0881. The Bertz CT molecular complexity index is 1840. The van der Waals surface area contributed by atoms with Crippen LogP contribution in [0.3, 0.4) is 0 Å². The van der Waals surface area contributed by atoms with Crippen molar-refractivity contribution in [3.8, 4) is 11.5 Å². The number of methoxy groups -OCH3 is 1. The number of allylic oxidation sites excluding steroid dienone is 2. The molecule has 0 spiro atoms. The maximum atomic E-state index is 14.4. The van der Waals surface area contributed by atoms with E-state index >= 15 is 0 Å². The van der Waals surface area contributed by atoms with Crippen LogP contribution in [0.25, 0.3) is 0 Å². The number of phenolic OH excluding ortho intramolecular Hbond substituents is 1. The van der Waals surface area contributed by atoms with Crippen molar-refractivity contribution < 1.29 is 33.9 Å². The zero-order valence-corrected chi connectivity index (χ0v) is 24.5. The maximum Gasteiger partial charge on any atom is 0.271 e. The van der Waals surface area contributed by atoms with Crippen LogP contribution in [-0.2, 0) is 19.2 Å². The number of rotatable bonds is 5. The Kier molecular flexibility index (Phi) is 6.40. The highest BCUT2D eigenvalue weighted by Crippen LogP contribution is 2.64. The van der Waals surface area contributed by atoms with Crippen molar-refractivity contribution in [1.29, 1.82) is 0 Å². The summed E-state index contributed by atoms with van der Waals surface area (Å²) in [7, 11) is 1.49. The number of nitrogens with zero attached hydrogens (tertiary/aromatic N) is 3. The van der Waals surface area contributed by atoms with Gasteiger partial charge in [-0.05, 0) is 62.1 Å². The lowest BCUT2D eigenvalue weighted by molar-refractivity contribution is -0.384. The summed E-state index contributed by atoms with van der Waals surface area (Å²) in [5, 5.41) is 22.7. The number of nitro groups is 1. The van der Waals surface area contributed by atoms with Gasteiger partial charge in [-0.15, -0.1) is 0 Å². The first kappa shape index (κ1) is 28.5. The van der Waals surface area contributed by atoms with Gasteiger partial charge in [0, 0.05) is 23.6 Å². The van der Waals surface area contributed by atoms with Crippen LogP contribution in [0.5, 0.6) is 11.5 Å². The van der Waals surface area contributed by atoms with Crippen LogP contribution in [0, 0.1) is 39.2 Å². The fourth-order valence-electron chi connectivity index (χ4n) is 8.07. The molecule has 0 bridgehead atoms. The Morgan fingerprint density at radius 2 is 1.62 bits per heavy atom. The quantitative estimate of drug-likeness (QED) is 0.189. The Hall–Kier alpha value is -5.32. The minimum atomic E-state index is -1.32. The van der Waals surface area contributed by atoms with Crippen LogP contribution in [0.2, 0.25) is 0 Å². The van der Waals surface area contributed by atoms with E-state index < -0.39 is 63.6 Å². The number of carbonyl (C=O) groups is 4. The molecule has 7 rings (SSSR count). The lowest BCUT2D eigenvalue weighted by Crippen LogP contribution is -2.48. The molecular weight excluding hydrogens is 578 g/mol. The number of benzene rings is 3. The van der Waals surface area contributed by atoms with Crippen molar-refractivity contribution in [3.63, 3.8) is 0 Å². The second kappa shape index (κ2) is 10.1. The first-order valence-electron chi connectivity index (χ1n) is 14.7. The summed E-state index contributed by atoms with van der Waals surface area (Å²) in [5.41, 5.74) is 0.0592.